The predicted octanol–water partition coefficient (Wildman–Crippen LogP) is 4.06. The molecule has 0 saturated heterocycles. The molecular formula is C15H23IOSi. The number of benzene rings is 1. The van der Waals surface area contributed by atoms with Crippen LogP contribution >= 0.6 is 21.8 Å². The summed E-state index contributed by atoms with van der Waals surface area (Å²) in [5.74, 6) is 0.771. The molecule has 0 N–H and O–H groups in total. The third-order valence-electron chi connectivity index (χ3n) is 3.83. The monoisotopic (exact) mass is 374 g/mol. The lowest BCUT2D eigenvalue weighted by molar-refractivity contribution is 0.0252. The van der Waals surface area contributed by atoms with Crippen LogP contribution in [0.15, 0.2) is 30.3 Å². The highest BCUT2D eigenvalue weighted by Crippen LogP contribution is 2.33. The Morgan fingerprint density at radius 3 is 2.50 bits per heavy atom. The predicted molar refractivity (Wildman–Crippen MR) is 89.4 cm³/mol. The van der Waals surface area contributed by atoms with Crippen LogP contribution in [0, 0.1) is 0 Å². The first-order valence-corrected chi connectivity index (χ1v) is 13.2. The summed E-state index contributed by atoms with van der Waals surface area (Å²) >= 11 is 2.57. The van der Waals surface area contributed by atoms with Crippen LogP contribution in [0.2, 0.25) is 6.04 Å². The Hall–Kier alpha value is 0.127. The standard InChI is InChI=1S/C15H23IOSi/c16-18-12-4-11-17-15-9-7-14(8-10-15)13-5-2-1-3-6-13/h1-3,5-6,14-15H,4,7-12,18H2. The van der Waals surface area contributed by atoms with Crippen molar-refractivity contribution in [1.29, 1.82) is 0 Å². The van der Waals surface area contributed by atoms with Gasteiger partial charge in [-0.25, -0.2) is 0 Å². The van der Waals surface area contributed by atoms with E-state index in [2.05, 4.69) is 52.1 Å². The summed E-state index contributed by atoms with van der Waals surface area (Å²) in [6, 6.07) is 12.4. The molecular weight excluding hydrogens is 351 g/mol. The average Bonchev–Trinajstić information content (AvgIpc) is 2.45. The van der Waals surface area contributed by atoms with E-state index in [1.165, 1.54) is 43.7 Å². The number of halogens is 1. The smallest absolute Gasteiger partial charge is 0.0938 e. The van der Waals surface area contributed by atoms with Gasteiger partial charge in [-0.1, -0.05) is 36.4 Å². The lowest BCUT2D eigenvalue weighted by atomic mass is 9.83. The topological polar surface area (TPSA) is 9.23 Å². The fraction of sp³-hybridized carbons (Fsp3) is 0.600. The molecule has 1 aromatic carbocycles. The molecule has 0 unspecified atom stereocenters. The summed E-state index contributed by atoms with van der Waals surface area (Å²) in [5, 5.41) is 0. The third-order valence-corrected chi connectivity index (χ3v) is 6.88. The molecule has 3 heteroatoms. The van der Waals surface area contributed by atoms with Gasteiger partial charge in [-0.2, -0.15) is 0 Å². The second-order valence-electron chi connectivity index (χ2n) is 5.15. The molecule has 1 fully saturated rings. The van der Waals surface area contributed by atoms with E-state index in [0.717, 1.165) is 12.5 Å². The minimum absolute atomic E-state index is 0.212. The van der Waals surface area contributed by atoms with Crippen molar-refractivity contribution < 1.29 is 4.74 Å². The van der Waals surface area contributed by atoms with Crippen molar-refractivity contribution in [2.75, 3.05) is 6.61 Å². The Kier molecular flexibility index (Phi) is 6.72. The van der Waals surface area contributed by atoms with E-state index in [-0.39, 0.29) is 7.02 Å². The number of hydrogen-bond donors (Lipinski definition) is 0. The largest absolute Gasteiger partial charge is 0.378 e. The van der Waals surface area contributed by atoms with Crippen LogP contribution in [-0.4, -0.2) is 19.7 Å². The highest BCUT2D eigenvalue weighted by atomic mass is 127. The molecule has 0 spiro atoms. The summed E-state index contributed by atoms with van der Waals surface area (Å²) in [4.78, 5) is 0. The van der Waals surface area contributed by atoms with Gasteiger partial charge in [-0.15, -0.1) is 21.8 Å². The van der Waals surface area contributed by atoms with E-state index >= 15 is 0 Å². The van der Waals surface area contributed by atoms with E-state index < -0.39 is 0 Å². The van der Waals surface area contributed by atoms with Gasteiger partial charge in [0.25, 0.3) is 0 Å². The fourth-order valence-electron chi connectivity index (χ4n) is 2.73. The highest BCUT2D eigenvalue weighted by molar-refractivity contribution is 14.1. The molecule has 1 aromatic rings. The Bertz CT molecular complexity index is 323. The first-order valence-electron chi connectivity index (χ1n) is 7.12. The Morgan fingerprint density at radius 1 is 1.11 bits per heavy atom. The van der Waals surface area contributed by atoms with Gasteiger partial charge in [0.1, 0.15) is 0 Å². The lowest BCUT2D eigenvalue weighted by Crippen LogP contribution is -2.21. The molecule has 0 bridgehead atoms. The summed E-state index contributed by atoms with van der Waals surface area (Å²) in [5.41, 5.74) is 1.52. The average molecular weight is 374 g/mol. The van der Waals surface area contributed by atoms with Gasteiger partial charge in [-0.05, 0) is 43.6 Å². The van der Waals surface area contributed by atoms with E-state index in [9.17, 15) is 0 Å². The highest BCUT2D eigenvalue weighted by Gasteiger charge is 2.22. The second-order valence-corrected chi connectivity index (χ2v) is 9.47. The van der Waals surface area contributed by atoms with Crippen molar-refractivity contribution in [3.05, 3.63) is 35.9 Å². The molecule has 18 heavy (non-hydrogen) atoms. The van der Waals surface area contributed by atoms with Crippen molar-refractivity contribution >= 4 is 28.8 Å². The molecule has 1 nitrogen and oxygen atoms in total. The SMILES string of the molecule is I[SiH2]CCCOC1CCC(c2ccccc2)CC1. The van der Waals surface area contributed by atoms with Gasteiger partial charge in [0.15, 0.2) is 0 Å². The Balaban J connectivity index is 1.68. The van der Waals surface area contributed by atoms with E-state index in [1.54, 1.807) is 0 Å². The van der Waals surface area contributed by atoms with Gasteiger partial charge in [-0.3, -0.25) is 0 Å². The number of hydrogen-bond acceptors (Lipinski definition) is 1. The summed E-state index contributed by atoms with van der Waals surface area (Å²) in [7, 11) is 0.212. The first-order chi connectivity index (χ1) is 8.90. The zero-order valence-electron chi connectivity index (χ0n) is 11.0. The normalized spacial score (nSPS) is 24.7. The van der Waals surface area contributed by atoms with Gasteiger partial charge in [0.2, 0.25) is 0 Å². The summed E-state index contributed by atoms with van der Waals surface area (Å²) < 4.78 is 5.99. The zero-order valence-corrected chi connectivity index (χ0v) is 14.6. The van der Waals surface area contributed by atoms with Crippen LogP contribution in [0.1, 0.15) is 43.6 Å². The number of ether oxygens (including phenoxy) is 1. The summed E-state index contributed by atoms with van der Waals surface area (Å²) in [6.07, 6.45) is 6.93. The van der Waals surface area contributed by atoms with Crippen LogP contribution in [0.4, 0.5) is 0 Å². The maximum absolute atomic E-state index is 5.99. The third kappa shape index (κ3) is 4.66. The van der Waals surface area contributed by atoms with E-state index in [0.29, 0.717) is 6.10 Å². The maximum atomic E-state index is 5.99. The molecule has 0 aliphatic heterocycles. The molecule has 0 amide bonds. The minimum atomic E-state index is 0.212. The minimum Gasteiger partial charge on any atom is -0.378 e. The first kappa shape index (κ1) is 14.5. The maximum Gasteiger partial charge on any atom is 0.0938 e. The van der Waals surface area contributed by atoms with Crippen molar-refractivity contribution in [2.45, 2.75) is 50.2 Å². The van der Waals surface area contributed by atoms with E-state index in [4.69, 9.17) is 4.74 Å². The molecule has 0 radical (unpaired) electrons. The van der Waals surface area contributed by atoms with Crippen LogP contribution in [0.25, 0.3) is 0 Å². The molecule has 2 rings (SSSR count). The molecule has 1 aliphatic rings. The fourth-order valence-corrected chi connectivity index (χ4v) is 4.75. The Labute approximate surface area is 126 Å². The van der Waals surface area contributed by atoms with Gasteiger partial charge < -0.3 is 4.74 Å². The van der Waals surface area contributed by atoms with Crippen LogP contribution < -0.4 is 0 Å². The quantitative estimate of drug-likeness (QED) is 0.316. The molecule has 0 heterocycles. The van der Waals surface area contributed by atoms with Gasteiger partial charge in [0.05, 0.1) is 13.1 Å². The van der Waals surface area contributed by atoms with Crippen molar-refractivity contribution in [3.63, 3.8) is 0 Å². The van der Waals surface area contributed by atoms with Crippen molar-refractivity contribution in [1.82, 2.24) is 0 Å². The van der Waals surface area contributed by atoms with Crippen molar-refractivity contribution in [2.24, 2.45) is 0 Å². The summed E-state index contributed by atoms with van der Waals surface area (Å²) in [6.45, 7) is 0.997. The molecule has 1 saturated carbocycles. The Morgan fingerprint density at radius 2 is 1.83 bits per heavy atom. The van der Waals surface area contributed by atoms with Crippen molar-refractivity contribution in [3.8, 4) is 0 Å². The molecule has 1 aliphatic carbocycles. The van der Waals surface area contributed by atoms with Crippen LogP contribution in [-0.2, 0) is 4.74 Å². The van der Waals surface area contributed by atoms with Gasteiger partial charge in [0, 0.05) is 6.61 Å². The molecule has 0 atom stereocenters. The zero-order chi connectivity index (χ0) is 12.6. The second kappa shape index (κ2) is 8.33. The van der Waals surface area contributed by atoms with Crippen LogP contribution in [0.5, 0.6) is 0 Å². The lowest BCUT2D eigenvalue weighted by Gasteiger charge is -2.28. The van der Waals surface area contributed by atoms with E-state index in [1.807, 2.05) is 0 Å². The molecule has 100 valence electrons. The van der Waals surface area contributed by atoms with Crippen LogP contribution in [0.3, 0.4) is 0 Å². The van der Waals surface area contributed by atoms with Gasteiger partial charge >= 0.3 is 0 Å². The number of rotatable bonds is 6. The molecule has 0 aromatic heterocycles.